The van der Waals surface area contributed by atoms with Gasteiger partial charge in [0, 0.05) is 16.9 Å². The van der Waals surface area contributed by atoms with E-state index >= 15 is 0 Å². The molecule has 0 saturated heterocycles. The number of hydrogen-bond donors (Lipinski definition) is 2. The van der Waals surface area contributed by atoms with E-state index in [0.717, 1.165) is 29.5 Å². The van der Waals surface area contributed by atoms with Crippen molar-refractivity contribution in [3.8, 4) is 6.07 Å². The van der Waals surface area contributed by atoms with Gasteiger partial charge < -0.3 is 15.1 Å². The summed E-state index contributed by atoms with van der Waals surface area (Å²) in [5.74, 6) is -1.41. The number of ketones is 1. The van der Waals surface area contributed by atoms with Crippen molar-refractivity contribution in [2.75, 3.05) is 11.1 Å². The highest BCUT2D eigenvalue weighted by molar-refractivity contribution is 8.03. The Bertz CT molecular complexity index is 1470. The number of carbonyl (C=O) groups excluding carboxylic acids is 2. The van der Waals surface area contributed by atoms with Gasteiger partial charge in [-0.2, -0.15) is 18.4 Å². The van der Waals surface area contributed by atoms with Gasteiger partial charge in [0.1, 0.15) is 5.76 Å². The number of allylic oxidation sites excluding steroid dienone is 2. The zero-order chi connectivity index (χ0) is 27.4. The first-order chi connectivity index (χ1) is 18.1. The standard InChI is InChI=1S/C28H22F3N3O3S/c1-16-8-10-18(11-9-16)22(35)15-38-27-21(14-32)25(23-7-4-12-37-23)24(17(2)33-27)26(36)34-20-6-3-5-19(13-20)28(29,30)31/h3-13,25,33H,15H2,1-2H3,(H,34,36). The number of benzene rings is 2. The van der Waals surface area contributed by atoms with Crippen LogP contribution in [-0.2, 0) is 11.0 Å². The average molecular weight is 538 g/mol. The number of alkyl halides is 3. The predicted octanol–water partition coefficient (Wildman–Crippen LogP) is 6.56. The van der Waals surface area contributed by atoms with Crippen molar-refractivity contribution in [2.24, 2.45) is 0 Å². The van der Waals surface area contributed by atoms with E-state index in [4.69, 9.17) is 4.42 Å². The molecule has 2 aromatic carbocycles. The molecule has 1 unspecified atom stereocenters. The molecule has 0 spiro atoms. The van der Waals surface area contributed by atoms with E-state index in [9.17, 15) is 28.0 Å². The van der Waals surface area contributed by atoms with Crippen LogP contribution in [-0.4, -0.2) is 17.4 Å². The Kier molecular flexibility index (Phi) is 7.78. The minimum atomic E-state index is -4.57. The van der Waals surface area contributed by atoms with E-state index < -0.39 is 23.6 Å². The van der Waals surface area contributed by atoms with E-state index in [-0.39, 0.29) is 28.4 Å². The summed E-state index contributed by atoms with van der Waals surface area (Å²) in [4.78, 5) is 26.1. The molecule has 2 N–H and O–H groups in total. The van der Waals surface area contributed by atoms with Gasteiger partial charge in [-0.25, -0.2) is 0 Å². The Labute approximate surface area is 221 Å². The van der Waals surface area contributed by atoms with Crippen LogP contribution in [0.4, 0.5) is 18.9 Å². The number of aryl methyl sites for hydroxylation is 1. The van der Waals surface area contributed by atoms with Crippen LogP contribution in [0.15, 0.2) is 93.2 Å². The van der Waals surface area contributed by atoms with Gasteiger partial charge in [0.2, 0.25) is 0 Å². The van der Waals surface area contributed by atoms with Gasteiger partial charge in [-0.1, -0.05) is 47.7 Å². The molecule has 1 aliphatic rings. The van der Waals surface area contributed by atoms with Crippen molar-refractivity contribution >= 4 is 29.1 Å². The Morgan fingerprint density at radius 1 is 1.11 bits per heavy atom. The lowest BCUT2D eigenvalue weighted by Gasteiger charge is -2.28. The van der Waals surface area contributed by atoms with Gasteiger partial charge in [0.25, 0.3) is 5.91 Å². The third-order valence-corrected chi connectivity index (χ3v) is 6.91. The molecule has 1 aromatic heterocycles. The molecule has 3 aromatic rings. The lowest BCUT2D eigenvalue weighted by atomic mass is 9.85. The molecule has 2 heterocycles. The number of rotatable bonds is 7. The van der Waals surface area contributed by atoms with Crippen LogP contribution in [0, 0.1) is 18.3 Å². The Morgan fingerprint density at radius 3 is 2.47 bits per heavy atom. The molecule has 1 aliphatic heterocycles. The maximum Gasteiger partial charge on any atom is 0.416 e. The van der Waals surface area contributed by atoms with Crippen LogP contribution in [0.2, 0.25) is 0 Å². The molecule has 1 atom stereocenters. The predicted molar refractivity (Wildman–Crippen MR) is 138 cm³/mol. The summed E-state index contributed by atoms with van der Waals surface area (Å²) in [6.07, 6.45) is -3.17. The SMILES string of the molecule is CC1=C(C(=O)Nc2cccc(C(F)(F)F)c2)C(c2ccco2)C(C#N)=C(SCC(=O)c2ccc(C)cc2)N1. The van der Waals surface area contributed by atoms with Crippen molar-refractivity contribution in [2.45, 2.75) is 25.9 Å². The molecular weight excluding hydrogens is 515 g/mol. The van der Waals surface area contributed by atoms with Crippen molar-refractivity contribution in [3.05, 3.63) is 111 Å². The quantitative estimate of drug-likeness (QED) is 0.332. The minimum absolute atomic E-state index is 0.0422. The molecule has 0 fully saturated rings. The van der Waals surface area contributed by atoms with Crippen LogP contribution in [0.3, 0.4) is 0 Å². The monoisotopic (exact) mass is 537 g/mol. The van der Waals surface area contributed by atoms with Crippen LogP contribution in [0.25, 0.3) is 0 Å². The van der Waals surface area contributed by atoms with Crippen molar-refractivity contribution in [1.82, 2.24) is 5.32 Å². The van der Waals surface area contributed by atoms with Gasteiger partial charge in [0.05, 0.1) is 45.7 Å². The number of halogens is 3. The minimum Gasteiger partial charge on any atom is -0.468 e. The number of anilines is 1. The number of Topliss-reactive ketones (excluding diaryl/α,β-unsaturated/α-hetero) is 1. The smallest absolute Gasteiger partial charge is 0.416 e. The molecule has 6 nitrogen and oxygen atoms in total. The topological polar surface area (TPSA) is 95.1 Å². The normalized spacial score (nSPS) is 15.6. The fourth-order valence-electron chi connectivity index (χ4n) is 4.00. The summed E-state index contributed by atoms with van der Waals surface area (Å²) in [6.45, 7) is 3.54. The van der Waals surface area contributed by atoms with Crippen LogP contribution in [0.5, 0.6) is 0 Å². The summed E-state index contributed by atoms with van der Waals surface area (Å²) in [5.41, 5.74) is 1.25. The number of hydrogen-bond acceptors (Lipinski definition) is 6. The highest BCUT2D eigenvalue weighted by atomic mass is 32.2. The number of nitrogens with zero attached hydrogens (tertiary/aromatic N) is 1. The van der Waals surface area contributed by atoms with E-state index in [0.29, 0.717) is 22.0 Å². The highest BCUT2D eigenvalue weighted by Gasteiger charge is 2.37. The number of thioether (sulfide) groups is 1. The zero-order valence-electron chi connectivity index (χ0n) is 20.3. The number of furan rings is 1. The van der Waals surface area contributed by atoms with E-state index in [1.54, 1.807) is 31.2 Å². The zero-order valence-corrected chi connectivity index (χ0v) is 21.2. The lowest BCUT2D eigenvalue weighted by Crippen LogP contribution is -2.30. The number of nitrogens with one attached hydrogen (secondary N) is 2. The molecule has 194 valence electrons. The second-order valence-corrected chi connectivity index (χ2v) is 9.56. The maximum atomic E-state index is 13.4. The summed E-state index contributed by atoms with van der Waals surface area (Å²) in [7, 11) is 0. The van der Waals surface area contributed by atoms with Crippen LogP contribution >= 0.6 is 11.8 Å². The van der Waals surface area contributed by atoms with Gasteiger partial charge in [-0.3, -0.25) is 9.59 Å². The first-order valence-electron chi connectivity index (χ1n) is 11.4. The van der Waals surface area contributed by atoms with E-state index in [1.165, 1.54) is 18.4 Å². The summed E-state index contributed by atoms with van der Waals surface area (Å²) < 4.78 is 45.0. The molecule has 0 radical (unpaired) electrons. The van der Waals surface area contributed by atoms with Crippen LogP contribution < -0.4 is 10.6 Å². The van der Waals surface area contributed by atoms with E-state index in [1.807, 2.05) is 19.1 Å². The van der Waals surface area contributed by atoms with Gasteiger partial charge >= 0.3 is 6.18 Å². The number of carbonyl (C=O) groups is 2. The Morgan fingerprint density at radius 2 is 1.84 bits per heavy atom. The number of amides is 1. The molecule has 4 rings (SSSR count). The molecule has 0 saturated carbocycles. The average Bonchev–Trinajstić information content (AvgIpc) is 3.41. The van der Waals surface area contributed by atoms with Gasteiger partial charge in [-0.05, 0) is 44.2 Å². The first-order valence-corrected chi connectivity index (χ1v) is 12.4. The largest absolute Gasteiger partial charge is 0.468 e. The lowest BCUT2D eigenvalue weighted by molar-refractivity contribution is -0.137. The number of nitriles is 1. The van der Waals surface area contributed by atoms with Gasteiger partial charge in [-0.15, -0.1) is 0 Å². The highest BCUT2D eigenvalue weighted by Crippen LogP contribution is 2.41. The fraction of sp³-hybridized carbons (Fsp3) is 0.179. The number of dihydropyridines is 1. The van der Waals surface area contributed by atoms with E-state index in [2.05, 4.69) is 16.7 Å². The molecule has 38 heavy (non-hydrogen) atoms. The molecule has 1 amide bonds. The Hall–Kier alpha value is -4.23. The first kappa shape index (κ1) is 26.8. The second kappa shape index (κ2) is 11.0. The van der Waals surface area contributed by atoms with Crippen molar-refractivity contribution in [3.63, 3.8) is 0 Å². The summed E-state index contributed by atoms with van der Waals surface area (Å²) in [6, 6.07) is 16.8. The third-order valence-electron chi connectivity index (χ3n) is 5.89. The van der Waals surface area contributed by atoms with Crippen LogP contribution in [0.1, 0.15) is 40.1 Å². The third kappa shape index (κ3) is 5.84. The molecular formula is C28H22F3N3O3S. The van der Waals surface area contributed by atoms with Gasteiger partial charge in [0.15, 0.2) is 5.78 Å². The Balaban J connectivity index is 1.63. The summed E-state index contributed by atoms with van der Waals surface area (Å²) in [5, 5.41) is 16.0. The molecule has 0 aliphatic carbocycles. The maximum absolute atomic E-state index is 13.4. The van der Waals surface area contributed by atoms with Crippen molar-refractivity contribution < 1.29 is 27.2 Å². The summed E-state index contributed by atoms with van der Waals surface area (Å²) >= 11 is 1.13. The van der Waals surface area contributed by atoms with Crippen molar-refractivity contribution in [1.29, 1.82) is 5.26 Å². The fourth-order valence-corrected chi connectivity index (χ4v) is 4.99. The second-order valence-electron chi connectivity index (χ2n) is 8.58. The molecule has 10 heteroatoms. The molecule has 0 bridgehead atoms.